The van der Waals surface area contributed by atoms with Crippen LogP contribution in [0.15, 0.2) is 23.8 Å². The number of hydrogen-bond acceptors (Lipinski definition) is 1. The fourth-order valence-corrected chi connectivity index (χ4v) is 2.17. The van der Waals surface area contributed by atoms with Crippen molar-refractivity contribution in [1.29, 1.82) is 0 Å². The topological polar surface area (TPSA) is 20.2 Å². The minimum Gasteiger partial charge on any atom is -0.392 e. The first-order chi connectivity index (χ1) is 6.61. The zero-order valence-corrected chi connectivity index (χ0v) is 9.47. The molecule has 0 atom stereocenters. The van der Waals surface area contributed by atoms with Gasteiger partial charge in [-0.3, -0.25) is 0 Å². The first-order valence-electron chi connectivity index (χ1n) is 5.57. The van der Waals surface area contributed by atoms with Crippen LogP contribution < -0.4 is 0 Å². The minimum absolute atomic E-state index is 0.0403. The standard InChI is InChI=1S/C13H22O/c1-4-13(2,3)12(10-14)11-8-6-5-7-9-11/h4,14H,1,5-10H2,2-3H3. The summed E-state index contributed by atoms with van der Waals surface area (Å²) in [6.45, 7) is 8.30. The average molecular weight is 194 g/mol. The molecule has 0 aliphatic heterocycles. The van der Waals surface area contributed by atoms with Crippen LogP contribution in [0, 0.1) is 5.41 Å². The molecule has 1 N–H and O–H groups in total. The largest absolute Gasteiger partial charge is 0.392 e. The van der Waals surface area contributed by atoms with Crippen LogP contribution in [0.2, 0.25) is 0 Å². The summed E-state index contributed by atoms with van der Waals surface area (Å²) in [4.78, 5) is 0. The molecule has 0 heterocycles. The first-order valence-corrected chi connectivity index (χ1v) is 5.57. The van der Waals surface area contributed by atoms with Crippen molar-refractivity contribution < 1.29 is 5.11 Å². The number of rotatable bonds is 3. The molecule has 0 amide bonds. The smallest absolute Gasteiger partial charge is 0.0652 e. The summed E-state index contributed by atoms with van der Waals surface area (Å²) in [5.74, 6) is 0. The Hall–Kier alpha value is -0.560. The van der Waals surface area contributed by atoms with E-state index < -0.39 is 0 Å². The summed E-state index contributed by atoms with van der Waals surface area (Å²) in [6.07, 6.45) is 8.20. The molecule has 1 rings (SSSR count). The van der Waals surface area contributed by atoms with Crippen LogP contribution in [0.25, 0.3) is 0 Å². The van der Waals surface area contributed by atoms with E-state index >= 15 is 0 Å². The third-order valence-electron chi connectivity index (χ3n) is 3.33. The fraction of sp³-hybridized carbons (Fsp3) is 0.692. The lowest BCUT2D eigenvalue weighted by molar-refractivity contribution is 0.300. The molecule has 1 aliphatic rings. The van der Waals surface area contributed by atoms with E-state index in [0.717, 1.165) is 0 Å². The normalized spacial score (nSPS) is 18.1. The SMILES string of the molecule is C=CC(C)(C)C(CO)=C1CCCCC1. The highest BCUT2D eigenvalue weighted by Crippen LogP contribution is 2.35. The molecule has 0 saturated heterocycles. The lowest BCUT2D eigenvalue weighted by atomic mass is 9.78. The Kier molecular flexibility index (Phi) is 3.94. The average Bonchev–Trinajstić information content (AvgIpc) is 2.20. The van der Waals surface area contributed by atoms with Crippen LogP contribution >= 0.6 is 0 Å². The highest BCUT2D eigenvalue weighted by atomic mass is 16.3. The molecule has 0 unspecified atom stereocenters. The Labute approximate surface area is 87.5 Å². The van der Waals surface area contributed by atoms with Gasteiger partial charge in [-0.05, 0) is 31.3 Å². The van der Waals surface area contributed by atoms with E-state index in [-0.39, 0.29) is 12.0 Å². The second kappa shape index (κ2) is 4.79. The number of aliphatic hydroxyl groups excluding tert-OH is 1. The molecule has 1 saturated carbocycles. The van der Waals surface area contributed by atoms with Crippen molar-refractivity contribution in [3.05, 3.63) is 23.8 Å². The molecule has 1 nitrogen and oxygen atoms in total. The maximum atomic E-state index is 9.44. The summed E-state index contributed by atoms with van der Waals surface area (Å²) in [7, 11) is 0. The molecule has 0 bridgehead atoms. The maximum absolute atomic E-state index is 9.44. The van der Waals surface area contributed by atoms with E-state index in [1.807, 2.05) is 6.08 Å². The van der Waals surface area contributed by atoms with Crippen molar-refractivity contribution >= 4 is 0 Å². The van der Waals surface area contributed by atoms with E-state index in [2.05, 4.69) is 20.4 Å². The van der Waals surface area contributed by atoms with Gasteiger partial charge in [-0.1, -0.05) is 31.9 Å². The Bertz CT molecular complexity index is 228. The highest BCUT2D eigenvalue weighted by Gasteiger charge is 2.23. The Balaban J connectivity index is 2.92. The molecule has 1 aliphatic carbocycles. The maximum Gasteiger partial charge on any atom is 0.0652 e. The zero-order chi connectivity index (χ0) is 10.6. The van der Waals surface area contributed by atoms with Gasteiger partial charge in [-0.25, -0.2) is 0 Å². The summed E-state index contributed by atoms with van der Waals surface area (Å²) in [5, 5.41) is 9.44. The molecule has 0 radical (unpaired) electrons. The molecular weight excluding hydrogens is 172 g/mol. The molecule has 0 aromatic carbocycles. The zero-order valence-electron chi connectivity index (χ0n) is 9.47. The second-order valence-electron chi connectivity index (χ2n) is 4.73. The minimum atomic E-state index is -0.0403. The monoisotopic (exact) mass is 194 g/mol. The number of allylic oxidation sites excluding steroid dienone is 2. The van der Waals surface area contributed by atoms with Gasteiger partial charge < -0.3 is 5.11 Å². The van der Waals surface area contributed by atoms with Crippen molar-refractivity contribution in [2.24, 2.45) is 5.41 Å². The third kappa shape index (κ3) is 2.48. The molecule has 80 valence electrons. The second-order valence-corrected chi connectivity index (χ2v) is 4.73. The molecule has 1 heteroatoms. The highest BCUT2D eigenvalue weighted by molar-refractivity contribution is 5.26. The van der Waals surface area contributed by atoms with Crippen LogP contribution in [-0.4, -0.2) is 11.7 Å². The fourth-order valence-electron chi connectivity index (χ4n) is 2.17. The van der Waals surface area contributed by atoms with E-state index in [9.17, 15) is 5.11 Å². The quantitative estimate of drug-likeness (QED) is 0.682. The summed E-state index contributed by atoms with van der Waals surface area (Å²) < 4.78 is 0. The van der Waals surface area contributed by atoms with Crippen LogP contribution in [0.5, 0.6) is 0 Å². The molecule has 14 heavy (non-hydrogen) atoms. The summed E-state index contributed by atoms with van der Waals surface area (Å²) >= 11 is 0. The Morgan fingerprint density at radius 2 is 1.93 bits per heavy atom. The molecule has 0 aromatic heterocycles. The lowest BCUT2D eigenvalue weighted by Gasteiger charge is -2.28. The van der Waals surface area contributed by atoms with Crippen LogP contribution in [0.1, 0.15) is 46.0 Å². The summed E-state index contributed by atoms with van der Waals surface area (Å²) in [5.41, 5.74) is 2.64. The van der Waals surface area contributed by atoms with Crippen molar-refractivity contribution in [1.82, 2.24) is 0 Å². The van der Waals surface area contributed by atoms with Crippen LogP contribution in [0.3, 0.4) is 0 Å². The predicted octanol–water partition coefficient (Wildman–Crippen LogP) is 3.45. The van der Waals surface area contributed by atoms with Gasteiger partial charge in [0.1, 0.15) is 0 Å². The van der Waals surface area contributed by atoms with Gasteiger partial charge in [0, 0.05) is 5.41 Å². The first kappa shape index (κ1) is 11.5. The van der Waals surface area contributed by atoms with Crippen molar-refractivity contribution in [3.8, 4) is 0 Å². The van der Waals surface area contributed by atoms with E-state index in [1.165, 1.54) is 43.3 Å². The lowest BCUT2D eigenvalue weighted by Crippen LogP contribution is -2.17. The summed E-state index contributed by atoms with van der Waals surface area (Å²) in [6, 6.07) is 0. The van der Waals surface area contributed by atoms with Gasteiger partial charge in [0.2, 0.25) is 0 Å². The molecular formula is C13H22O. The van der Waals surface area contributed by atoms with Crippen molar-refractivity contribution in [2.45, 2.75) is 46.0 Å². The van der Waals surface area contributed by atoms with Gasteiger partial charge in [0.05, 0.1) is 6.61 Å². The third-order valence-corrected chi connectivity index (χ3v) is 3.33. The van der Waals surface area contributed by atoms with Gasteiger partial charge in [0.15, 0.2) is 0 Å². The molecule has 0 aromatic rings. The van der Waals surface area contributed by atoms with E-state index in [4.69, 9.17) is 0 Å². The van der Waals surface area contributed by atoms with Crippen LogP contribution in [0.4, 0.5) is 0 Å². The van der Waals surface area contributed by atoms with Crippen LogP contribution in [-0.2, 0) is 0 Å². The molecule has 1 fully saturated rings. The van der Waals surface area contributed by atoms with Gasteiger partial charge in [-0.15, -0.1) is 6.58 Å². The van der Waals surface area contributed by atoms with Crippen molar-refractivity contribution in [2.75, 3.05) is 6.61 Å². The number of aliphatic hydroxyl groups is 1. The van der Waals surface area contributed by atoms with E-state index in [1.54, 1.807) is 0 Å². The van der Waals surface area contributed by atoms with Gasteiger partial charge >= 0.3 is 0 Å². The van der Waals surface area contributed by atoms with Gasteiger partial charge in [-0.2, -0.15) is 0 Å². The van der Waals surface area contributed by atoms with Crippen molar-refractivity contribution in [3.63, 3.8) is 0 Å². The number of hydrogen-bond donors (Lipinski definition) is 1. The predicted molar refractivity (Wildman–Crippen MR) is 61.2 cm³/mol. The van der Waals surface area contributed by atoms with E-state index in [0.29, 0.717) is 0 Å². The molecule has 0 spiro atoms. The van der Waals surface area contributed by atoms with Gasteiger partial charge in [0.25, 0.3) is 0 Å². The Morgan fingerprint density at radius 3 is 2.36 bits per heavy atom. The Morgan fingerprint density at radius 1 is 1.36 bits per heavy atom.